The second kappa shape index (κ2) is 6.27. The molecule has 6 nitrogen and oxygen atoms in total. The molecule has 0 bridgehead atoms. The number of benzene rings is 1. The molecule has 26 heavy (non-hydrogen) atoms. The highest BCUT2D eigenvalue weighted by Crippen LogP contribution is 2.42. The summed E-state index contributed by atoms with van der Waals surface area (Å²) >= 11 is 0. The van der Waals surface area contributed by atoms with E-state index in [1.807, 2.05) is 38.1 Å². The van der Waals surface area contributed by atoms with Crippen molar-refractivity contribution in [3.8, 4) is 5.69 Å². The van der Waals surface area contributed by atoms with Gasteiger partial charge in [-0.3, -0.25) is 4.79 Å². The Bertz CT molecular complexity index is 856. The number of hydrogen-bond acceptors (Lipinski definition) is 3. The quantitative estimate of drug-likeness (QED) is 0.921. The molecule has 6 heteroatoms. The van der Waals surface area contributed by atoms with Gasteiger partial charge in [0.2, 0.25) is 0 Å². The first kappa shape index (κ1) is 16.8. The predicted molar refractivity (Wildman–Crippen MR) is 96.3 cm³/mol. The Balaban J connectivity index is 1.63. The zero-order valence-electron chi connectivity index (χ0n) is 15.1. The number of fused-ring (bicyclic) bond motifs is 1. The first-order valence-corrected chi connectivity index (χ1v) is 9.13. The lowest BCUT2D eigenvalue weighted by Crippen LogP contribution is -2.43. The van der Waals surface area contributed by atoms with Crippen LogP contribution in [0.5, 0.6) is 0 Å². The molecule has 1 aliphatic heterocycles. The Hall–Kier alpha value is -2.63. The van der Waals surface area contributed by atoms with Gasteiger partial charge in [-0.25, -0.2) is 9.48 Å². The smallest absolute Gasteiger partial charge is 0.326 e. The number of aromatic nitrogens is 2. The maximum absolute atomic E-state index is 13.0. The molecule has 1 amide bonds. The van der Waals surface area contributed by atoms with Gasteiger partial charge in [-0.15, -0.1) is 0 Å². The second-order valence-corrected chi connectivity index (χ2v) is 7.51. The van der Waals surface area contributed by atoms with Crippen molar-refractivity contribution < 1.29 is 14.7 Å². The van der Waals surface area contributed by atoms with Crippen molar-refractivity contribution >= 4 is 11.9 Å². The second-order valence-electron chi connectivity index (χ2n) is 7.51. The lowest BCUT2D eigenvalue weighted by molar-refractivity contribution is -0.142. The number of carbonyl (C=O) groups excluding carboxylic acids is 1. The summed E-state index contributed by atoms with van der Waals surface area (Å²) in [6.07, 6.45) is 2.96. The Morgan fingerprint density at radius 2 is 1.88 bits per heavy atom. The van der Waals surface area contributed by atoms with Crippen LogP contribution in [0.4, 0.5) is 0 Å². The van der Waals surface area contributed by atoms with Gasteiger partial charge in [-0.2, -0.15) is 5.10 Å². The van der Waals surface area contributed by atoms with Crippen LogP contribution in [-0.4, -0.2) is 44.3 Å². The summed E-state index contributed by atoms with van der Waals surface area (Å²) in [5, 5.41) is 14.1. The molecule has 3 unspecified atom stereocenters. The number of hydrogen-bond donors (Lipinski definition) is 1. The summed E-state index contributed by atoms with van der Waals surface area (Å²) < 4.78 is 1.74. The zero-order valence-corrected chi connectivity index (χ0v) is 15.1. The van der Waals surface area contributed by atoms with Crippen LogP contribution in [0.25, 0.3) is 5.69 Å². The lowest BCUT2D eigenvalue weighted by Gasteiger charge is -2.23. The van der Waals surface area contributed by atoms with Crippen molar-refractivity contribution in [1.82, 2.24) is 14.7 Å². The van der Waals surface area contributed by atoms with E-state index < -0.39 is 12.0 Å². The number of carboxylic acid groups (broad SMARTS) is 1. The maximum Gasteiger partial charge on any atom is 0.326 e. The van der Waals surface area contributed by atoms with Gasteiger partial charge in [0, 0.05) is 12.2 Å². The van der Waals surface area contributed by atoms with E-state index in [2.05, 4.69) is 5.10 Å². The Labute approximate surface area is 152 Å². The molecular weight excluding hydrogens is 330 g/mol. The Kier molecular flexibility index (Phi) is 4.05. The van der Waals surface area contributed by atoms with Gasteiger partial charge in [0.15, 0.2) is 5.69 Å². The van der Waals surface area contributed by atoms with E-state index in [1.54, 1.807) is 10.7 Å². The maximum atomic E-state index is 13.0. The molecule has 1 N–H and O–H groups in total. The molecule has 1 saturated carbocycles. The minimum atomic E-state index is -0.901. The van der Waals surface area contributed by atoms with Crippen LogP contribution in [0.2, 0.25) is 0 Å². The van der Waals surface area contributed by atoms with Gasteiger partial charge in [0.1, 0.15) is 6.04 Å². The fraction of sp³-hybridized carbons (Fsp3) is 0.450. The van der Waals surface area contributed by atoms with E-state index in [-0.39, 0.29) is 11.8 Å². The number of likely N-dealkylation sites (tertiary alicyclic amines) is 1. The average molecular weight is 353 g/mol. The van der Waals surface area contributed by atoms with E-state index in [9.17, 15) is 14.7 Å². The molecule has 1 saturated heterocycles. The fourth-order valence-electron chi connectivity index (χ4n) is 4.50. The summed E-state index contributed by atoms with van der Waals surface area (Å²) in [7, 11) is 0. The average Bonchev–Trinajstić information content (AvgIpc) is 3.28. The van der Waals surface area contributed by atoms with Gasteiger partial charge in [-0.1, -0.05) is 24.1 Å². The zero-order chi connectivity index (χ0) is 18.4. The highest BCUT2D eigenvalue weighted by molar-refractivity contribution is 5.95. The van der Waals surface area contributed by atoms with Gasteiger partial charge >= 0.3 is 5.97 Å². The van der Waals surface area contributed by atoms with Crippen molar-refractivity contribution in [2.45, 2.75) is 39.2 Å². The molecule has 0 spiro atoms. The van der Waals surface area contributed by atoms with E-state index in [0.717, 1.165) is 36.2 Å². The molecule has 2 heterocycles. The topological polar surface area (TPSA) is 75.4 Å². The van der Waals surface area contributed by atoms with Crippen LogP contribution in [0, 0.1) is 25.7 Å². The summed E-state index contributed by atoms with van der Waals surface area (Å²) in [6.45, 7) is 4.44. The molecule has 2 aromatic rings. The highest BCUT2D eigenvalue weighted by Gasteiger charge is 2.50. The van der Waals surface area contributed by atoms with Crippen molar-refractivity contribution in [1.29, 1.82) is 0 Å². The van der Waals surface area contributed by atoms with E-state index in [0.29, 0.717) is 18.2 Å². The van der Waals surface area contributed by atoms with E-state index >= 15 is 0 Å². The number of nitrogens with zero attached hydrogens (tertiary/aromatic N) is 3. The first-order valence-electron chi connectivity index (χ1n) is 9.13. The Morgan fingerprint density at radius 1 is 1.15 bits per heavy atom. The SMILES string of the molecule is Cc1ccc(-n2nc(C(=O)N3CC4CCCC4C3C(=O)O)cc2C)cc1. The third kappa shape index (κ3) is 2.69. The minimum absolute atomic E-state index is 0.0803. The summed E-state index contributed by atoms with van der Waals surface area (Å²) in [6, 6.07) is 8.95. The van der Waals surface area contributed by atoms with Crippen molar-refractivity contribution in [2.24, 2.45) is 11.8 Å². The molecule has 1 aromatic heterocycles. The van der Waals surface area contributed by atoms with Crippen LogP contribution in [0.15, 0.2) is 30.3 Å². The van der Waals surface area contributed by atoms with Crippen molar-refractivity contribution in [3.05, 3.63) is 47.3 Å². The summed E-state index contributed by atoms with van der Waals surface area (Å²) in [4.78, 5) is 26.4. The third-order valence-electron chi connectivity index (χ3n) is 5.79. The van der Waals surface area contributed by atoms with Crippen molar-refractivity contribution in [3.63, 3.8) is 0 Å². The standard InChI is InChI=1S/C20H23N3O3/c1-12-6-8-15(9-7-12)23-13(2)10-17(21-23)19(24)22-11-14-4-3-5-16(14)18(22)20(25)26/h6-10,14,16,18H,3-5,11H2,1-2H3,(H,25,26). The molecule has 0 radical (unpaired) electrons. The molecule has 4 rings (SSSR count). The summed E-state index contributed by atoms with van der Waals surface area (Å²) in [5.41, 5.74) is 3.21. The van der Waals surface area contributed by atoms with Crippen LogP contribution in [0.3, 0.4) is 0 Å². The summed E-state index contributed by atoms with van der Waals surface area (Å²) in [5.74, 6) is -0.791. The van der Waals surface area contributed by atoms with Gasteiger partial charge < -0.3 is 10.0 Å². The highest BCUT2D eigenvalue weighted by atomic mass is 16.4. The number of aliphatic carboxylic acids is 1. The van der Waals surface area contributed by atoms with E-state index in [1.165, 1.54) is 4.90 Å². The minimum Gasteiger partial charge on any atom is -0.480 e. The van der Waals surface area contributed by atoms with Crippen LogP contribution in [-0.2, 0) is 4.79 Å². The number of rotatable bonds is 3. The molecule has 136 valence electrons. The van der Waals surface area contributed by atoms with Gasteiger partial charge in [0.05, 0.1) is 5.69 Å². The Morgan fingerprint density at radius 3 is 2.58 bits per heavy atom. The number of amides is 1. The number of carboxylic acids is 1. The molecule has 2 fully saturated rings. The van der Waals surface area contributed by atoms with Crippen LogP contribution >= 0.6 is 0 Å². The number of carbonyl (C=O) groups is 2. The first-order chi connectivity index (χ1) is 12.5. The van der Waals surface area contributed by atoms with Crippen molar-refractivity contribution in [2.75, 3.05) is 6.54 Å². The molecule has 1 aliphatic carbocycles. The monoisotopic (exact) mass is 353 g/mol. The van der Waals surface area contributed by atoms with Crippen LogP contribution in [0.1, 0.15) is 41.0 Å². The van der Waals surface area contributed by atoms with Crippen LogP contribution < -0.4 is 0 Å². The fourth-order valence-corrected chi connectivity index (χ4v) is 4.50. The predicted octanol–water partition coefficient (Wildman–Crippen LogP) is 2.81. The molecule has 3 atom stereocenters. The lowest BCUT2D eigenvalue weighted by atomic mass is 9.94. The third-order valence-corrected chi connectivity index (χ3v) is 5.79. The van der Waals surface area contributed by atoms with E-state index in [4.69, 9.17) is 0 Å². The van der Waals surface area contributed by atoms with Gasteiger partial charge in [-0.05, 0) is 56.7 Å². The largest absolute Gasteiger partial charge is 0.480 e. The number of aryl methyl sites for hydroxylation is 2. The normalized spacial score (nSPS) is 24.7. The molecule has 2 aliphatic rings. The van der Waals surface area contributed by atoms with Gasteiger partial charge in [0.25, 0.3) is 5.91 Å². The molecule has 1 aromatic carbocycles. The molecular formula is C20H23N3O3.